The van der Waals surface area contributed by atoms with Gasteiger partial charge in [0.05, 0.1) is 25.7 Å². The van der Waals surface area contributed by atoms with E-state index in [0.717, 1.165) is 31.2 Å². The van der Waals surface area contributed by atoms with Crippen molar-refractivity contribution in [2.75, 3.05) is 19.5 Å². The molecule has 0 unspecified atom stereocenters. The second kappa shape index (κ2) is 8.22. The molecule has 0 spiro atoms. The van der Waals surface area contributed by atoms with E-state index in [1.807, 2.05) is 12.1 Å². The van der Waals surface area contributed by atoms with Crippen LogP contribution >= 0.6 is 0 Å². The summed E-state index contributed by atoms with van der Waals surface area (Å²) >= 11 is 0. The molecule has 2 aliphatic carbocycles. The van der Waals surface area contributed by atoms with Crippen molar-refractivity contribution in [3.8, 4) is 11.5 Å². The molecule has 0 aliphatic heterocycles. The Kier molecular flexibility index (Phi) is 5.48. The van der Waals surface area contributed by atoms with E-state index in [0.29, 0.717) is 29.3 Å². The SMILES string of the molecule is COc1ccc(OC)c(CN(C(=O)c2ccc(NC3CC3)c([N+](=O)[O-])c2)C2CC2)c1. The van der Waals surface area contributed by atoms with Gasteiger partial charge in [0.15, 0.2) is 0 Å². The summed E-state index contributed by atoms with van der Waals surface area (Å²) in [5.41, 5.74) is 1.55. The Morgan fingerprint density at radius 3 is 2.50 bits per heavy atom. The van der Waals surface area contributed by atoms with Crippen LogP contribution in [0, 0.1) is 10.1 Å². The van der Waals surface area contributed by atoms with Gasteiger partial charge in [-0.2, -0.15) is 0 Å². The minimum Gasteiger partial charge on any atom is -0.497 e. The fourth-order valence-corrected chi connectivity index (χ4v) is 3.49. The Morgan fingerprint density at radius 2 is 1.90 bits per heavy atom. The number of nitro benzene ring substituents is 1. The highest BCUT2D eigenvalue weighted by atomic mass is 16.6. The van der Waals surface area contributed by atoms with Crippen LogP contribution in [0.3, 0.4) is 0 Å². The number of amides is 1. The maximum atomic E-state index is 13.3. The quantitative estimate of drug-likeness (QED) is 0.495. The molecule has 0 aromatic heterocycles. The van der Waals surface area contributed by atoms with Gasteiger partial charge in [0.1, 0.15) is 17.2 Å². The van der Waals surface area contributed by atoms with Gasteiger partial charge in [-0.3, -0.25) is 14.9 Å². The fraction of sp³-hybridized carbons (Fsp3) is 0.409. The van der Waals surface area contributed by atoms with E-state index in [1.54, 1.807) is 37.3 Å². The number of hydrogen-bond acceptors (Lipinski definition) is 6. The van der Waals surface area contributed by atoms with E-state index >= 15 is 0 Å². The summed E-state index contributed by atoms with van der Waals surface area (Å²) in [6.45, 7) is 0.347. The number of carbonyl (C=O) groups excluding carboxylic acids is 1. The summed E-state index contributed by atoms with van der Waals surface area (Å²) < 4.78 is 10.8. The molecule has 0 saturated heterocycles. The van der Waals surface area contributed by atoms with Crippen molar-refractivity contribution < 1.29 is 19.2 Å². The number of anilines is 1. The Labute approximate surface area is 174 Å². The fourth-order valence-electron chi connectivity index (χ4n) is 3.49. The predicted molar refractivity (Wildman–Crippen MR) is 112 cm³/mol. The molecular formula is C22H25N3O5. The third-order valence-electron chi connectivity index (χ3n) is 5.46. The van der Waals surface area contributed by atoms with Gasteiger partial charge in [0.2, 0.25) is 0 Å². The van der Waals surface area contributed by atoms with Gasteiger partial charge >= 0.3 is 0 Å². The molecule has 8 heteroatoms. The molecule has 8 nitrogen and oxygen atoms in total. The van der Waals surface area contributed by atoms with Gasteiger partial charge in [-0.15, -0.1) is 0 Å². The van der Waals surface area contributed by atoms with Crippen LogP contribution in [0.1, 0.15) is 41.6 Å². The summed E-state index contributed by atoms with van der Waals surface area (Å²) in [6, 6.07) is 10.6. The number of nitrogens with zero attached hydrogens (tertiary/aromatic N) is 2. The average molecular weight is 411 g/mol. The minimum absolute atomic E-state index is 0.0672. The Bertz CT molecular complexity index is 969. The van der Waals surface area contributed by atoms with Crippen molar-refractivity contribution in [1.29, 1.82) is 0 Å². The highest BCUT2D eigenvalue weighted by Crippen LogP contribution is 2.35. The van der Waals surface area contributed by atoms with E-state index in [-0.39, 0.29) is 23.7 Å². The normalized spacial score (nSPS) is 15.4. The maximum absolute atomic E-state index is 13.3. The summed E-state index contributed by atoms with van der Waals surface area (Å²) in [7, 11) is 3.18. The monoisotopic (exact) mass is 411 g/mol. The van der Waals surface area contributed by atoms with Gasteiger partial charge in [-0.25, -0.2) is 0 Å². The number of hydrogen-bond donors (Lipinski definition) is 1. The third kappa shape index (κ3) is 4.32. The molecular weight excluding hydrogens is 386 g/mol. The minimum atomic E-state index is -0.436. The van der Waals surface area contributed by atoms with Crippen molar-refractivity contribution in [2.24, 2.45) is 0 Å². The van der Waals surface area contributed by atoms with Crippen LogP contribution in [0.2, 0.25) is 0 Å². The van der Waals surface area contributed by atoms with Crippen LogP contribution in [0.4, 0.5) is 11.4 Å². The lowest BCUT2D eigenvalue weighted by Gasteiger charge is -2.24. The molecule has 0 atom stereocenters. The summed E-state index contributed by atoms with van der Waals surface area (Å²) in [5, 5.41) is 14.7. The van der Waals surface area contributed by atoms with Crippen molar-refractivity contribution >= 4 is 17.3 Å². The number of carbonyl (C=O) groups is 1. The summed E-state index contributed by atoms with van der Waals surface area (Å²) in [6.07, 6.45) is 3.86. The van der Waals surface area contributed by atoms with Gasteiger partial charge in [0, 0.05) is 29.3 Å². The molecule has 2 fully saturated rings. The highest BCUT2D eigenvalue weighted by Gasteiger charge is 2.34. The lowest BCUT2D eigenvalue weighted by molar-refractivity contribution is -0.384. The zero-order valence-electron chi connectivity index (χ0n) is 17.1. The number of benzene rings is 2. The van der Waals surface area contributed by atoms with Crippen LogP contribution in [-0.4, -0.2) is 42.0 Å². The van der Waals surface area contributed by atoms with Crippen LogP contribution in [0.15, 0.2) is 36.4 Å². The Hall–Kier alpha value is -3.29. The molecule has 0 bridgehead atoms. The first-order valence-electron chi connectivity index (χ1n) is 10.1. The number of methoxy groups -OCH3 is 2. The van der Waals surface area contributed by atoms with E-state index in [1.165, 1.54) is 6.07 Å². The lowest BCUT2D eigenvalue weighted by atomic mass is 10.1. The van der Waals surface area contributed by atoms with E-state index in [9.17, 15) is 14.9 Å². The molecule has 30 heavy (non-hydrogen) atoms. The molecule has 1 N–H and O–H groups in total. The molecule has 0 heterocycles. The standard InChI is InChI=1S/C22H25N3O5/c1-29-18-8-10-21(30-2)15(11-18)13-24(17-6-7-17)22(26)14-3-9-19(23-16-4-5-16)20(12-14)25(27)28/h3,8-12,16-17,23H,4-7,13H2,1-2H3. The van der Waals surface area contributed by atoms with Crippen LogP contribution in [0.25, 0.3) is 0 Å². The maximum Gasteiger partial charge on any atom is 0.293 e. The molecule has 2 aromatic carbocycles. The third-order valence-corrected chi connectivity index (χ3v) is 5.46. The zero-order chi connectivity index (χ0) is 21.3. The molecule has 4 rings (SSSR count). The molecule has 2 saturated carbocycles. The first kappa shape index (κ1) is 20.0. The van der Waals surface area contributed by atoms with Crippen LogP contribution in [0.5, 0.6) is 11.5 Å². The van der Waals surface area contributed by atoms with Crippen LogP contribution < -0.4 is 14.8 Å². The number of ether oxygens (including phenoxy) is 2. The molecule has 158 valence electrons. The Morgan fingerprint density at radius 1 is 1.13 bits per heavy atom. The zero-order valence-corrected chi connectivity index (χ0v) is 17.1. The van der Waals surface area contributed by atoms with Crippen molar-refractivity contribution in [2.45, 2.75) is 44.3 Å². The molecule has 2 aromatic rings. The lowest BCUT2D eigenvalue weighted by Crippen LogP contribution is -2.32. The first-order valence-corrected chi connectivity index (χ1v) is 10.1. The number of nitrogens with one attached hydrogen (secondary N) is 1. The number of rotatable bonds is 9. The largest absolute Gasteiger partial charge is 0.497 e. The van der Waals surface area contributed by atoms with Gasteiger partial charge in [-0.05, 0) is 56.0 Å². The second-order valence-electron chi connectivity index (χ2n) is 7.75. The van der Waals surface area contributed by atoms with Gasteiger partial charge in [-0.1, -0.05) is 0 Å². The van der Waals surface area contributed by atoms with E-state index in [2.05, 4.69) is 5.32 Å². The molecule has 0 radical (unpaired) electrons. The second-order valence-corrected chi connectivity index (χ2v) is 7.75. The smallest absolute Gasteiger partial charge is 0.293 e. The molecule has 2 aliphatic rings. The van der Waals surface area contributed by atoms with Crippen molar-refractivity contribution in [3.63, 3.8) is 0 Å². The number of nitro groups is 1. The first-order chi connectivity index (χ1) is 14.5. The van der Waals surface area contributed by atoms with Gasteiger partial charge in [0.25, 0.3) is 11.6 Å². The van der Waals surface area contributed by atoms with Crippen molar-refractivity contribution in [3.05, 3.63) is 57.6 Å². The van der Waals surface area contributed by atoms with E-state index < -0.39 is 4.92 Å². The van der Waals surface area contributed by atoms with Gasteiger partial charge < -0.3 is 19.7 Å². The highest BCUT2D eigenvalue weighted by molar-refractivity contribution is 5.96. The molecule has 1 amide bonds. The van der Waals surface area contributed by atoms with E-state index in [4.69, 9.17) is 9.47 Å². The summed E-state index contributed by atoms with van der Waals surface area (Å²) in [4.78, 5) is 26.2. The average Bonchev–Trinajstić information content (AvgIpc) is 3.66. The predicted octanol–water partition coefficient (Wildman–Crippen LogP) is 3.99. The topological polar surface area (TPSA) is 93.9 Å². The summed E-state index contributed by atoms with van der Waals surface area (Å²) in [5.74, 6) is 1.13. The van der Waals surface area contributed by atoms with Crippen LogP contribution in [-0.2, 0) is 6.54 Å². The Balaban J connectivity index is 1.61. The van der Waals surface area contributed by atoms with Crippen molar-refractivity contribution in [1.82, 2.24) is 4.90 Å².